The fourth-order valence-corrected chi connectivity index (χ4v) is 7.14. The van der Waals surface area contributed by atoms with E-state index in [-0.39, 0.29) is 21.3 Å². The van der Waals surface area contributed by atoms with E-state index in [2.05, 4.69) is 5.32 Å². The number of benzene rings is 2. The first-order chi connectivity index (χ1) is 18.0. The molecule has 1 spiro atoms. The molecule has 0 saturated carbocycles. The van der Waals surface area contributed by atoms with Gasteiger partial charge in [0.15, 0.2) is 0 Å². The predicted molar refractivity (Wildman–Crippen MR) is 131 cm³/mol. The lowest BCUT2D eigenvalue weighted by molar-refractivity contribution is -0.157. The Hall–Kier alpha value is -2.96. The average Bonchev–Trinajstić information content (AvgIpc) is 3.38. The van der Waals surface area contributed by atoms with Crippen LogP contribution in [-0.4, -0.2) is 53.3 Å². The average molecular weight is 592 g/mol. The molecule has 39 heavy (non-hydrogen) atoms. The number of halogens is 7. The molecular formula is C25H20Cl2F5N3O4. The standard InChI is InChI=1S/C25H20Cl2F5N3O4/c1-22(21(39)34(2)15-6-4-3-5-12(15)25(30,31)32)16-9-23(28,29)10-35(16)24(18(22)19(36)37)13-7-11(26)8-14(27)17(13)33-20(24)38/h3-8,16,18H,9-10H2,1-2H3,(H,33,38)(H,36,37)/t16?,18-,22?,24-/m0/s1. The summed E-state index contributed by atoms with van der Waals surface area (Å²) in [6.45, 7) is 0.0240. The highest BCUT2D eigenvalue weighted by molar-refractivity contribution is 6.38. The number of rotatable bonds is 3. The lowest BCUT2D eigenvalue weighted by atomic mass is 9.65. The number of alkyl halides is 5. The summed E-state index contributed by atoms with van der Waals surface area (Å²) in [5.41, 5.74) is -6.57. The third kappa shape index (κ3) is 3.67. The first-order valence-corrected chi connectivity index (χ1v) is 12.4. The van der Waals surface area contributed by atoms with Gasteiger partial charge in [0, 0.05) is 30.1 Å². The van der Waals surface area contributed by atoms with Gasteiger partial charge in [-0.1, -0.05) is 35.3 Å². The summed E-state index contributed by atoms with van der Waals surface area (Å²) in [5, 5.41) is 12.9. The molecule has 3 heterocycles. The normalized spacial score (nSPS) is 29.3. The van der Waals surface area contributed by atoms with Crippen LogP contribution >= 0.6 is 23.2 Å². The van der Waals surface area contributed by atoms with Crippen molar-refractivity contribution in [2.24, 2.45) is 11.3 Å². The third-order valence-corrected chi connectivity index (χ3v) is 8.58. The molecule has 2 saturated heterocycles. The van der Waals surface area contributed by atoms with E-state index < -0.39 is 77.0 Å². The molecule has 2 unspecified atom stereocenters. The van der Waals surface area contributed by atoms with Crippen LogP contribution in [-0.2, 0) is 26.1 Å². The second-order valence-corrected chi connectivity index (χ2v) is 11.0. The second kappa shape index (κ2) is 8.52. The van der Waals surface area contributed by atoms with Crippen molar-refractivity contribution in [3.63, 3.8) is 0 Å². The number of hydrogen-bond acceptors (Lipinski definition) is 4. The van der Waals surface area contributed by atoms with Gasteiger partial charge in [0.1, 0.15) is 11.5 Å². The van der Waals surface area contributed by atoms with Crippen LogP contribution in [0.15, 0.2) is 36.4 Å². The molecule has 4 atom stereocenters. The highest BCUT2D eigenvalue weighted by Crippen LogP contribution is 2.65. The molecule has 0 aromatic heterocycles. The number of nitrogens with zero attached hydrogens (tertiary/aromatic N) is 2. The van der Waals surface area contributed by atoms with Gasteiger partial charge in [0.2, 0.25) is 5.91 Å². The molecule has 2 N–H and O–H groups in total. The zero-order valence-electron chi connectivity index (χ0n) is 20.2. The van der Waals surface area contributed by atoms with Crippen LogP contribution in [0.3, 0.4) is 0 Å². The number of fused-ring (bicyclic) bond motifs is 4. The summed E-state index contributed by atoms with van der Waals surface area (Å²) >= 11 is 12.4. The summed E-state index contributed by atoms with van der Waals surface area (Å²) in [7, 11) is 1.01. The van der Waals surface area contributed by atoms with E-state index in [1.54, 1.807) is 0 Å². The Kier molecular flexibility index (Phi) is 6.03. The van der Waals surface area contributed by atoms with Crippen molar-refractivity contribution in [2.75, 3.05) is 23.8 Å². The van der Waals surface area contributed by atoms with Crippen LogP contribution in [0, 0.1) is 11.3 Å². The molecule has 208 valence electrons. The molecule has 2 aromatic carbocycles. The summed E-state index contributed by atoms with van der Waals surface area (Å²) < 4.78 is 71.3. The number of para-hydroxylation sites is 1. The Labute approximate surface area is 228 Å². The van der Waals surface area contributed by atoms with Gasteiger partial charge >= 0.3 is 12.1 Å². The fourth-order valence-electron chi connectivity index (χ4n) is 6.60. The largest absolute Gasteiger partial charge is 0.481 e. The van der Waals surface area contributed by atoms with Crippen molar-refractivity contribution in [1.29, 1.82) is 0 Å². The van der Waals surface area contributed by atoms with Crippen molar-refractivity contribution in [1.82, 2.24) is 4.90 Å². The molecule has 3 aliphatic heterocycles. The number of carboxylic acids is 1. The first kappa shape index (κ1) is 27.6. The number of aliphatic carboxylic acids is 1. The predicted octanol–water partition coefficient (Wildman–Crippen LogP) is 5.25. The molecule has 0 radical (unpaired) electrons. The zero-order chi connectivity index (χ0) is 28.9. The fraction of sp³-hybridized carbons (Fsp3) is 0.400. The van der Waals surface area contributed by atoms with E-state index in [1.807, 2.05) is 0 Å². The van der Waals surface area contributed by atoms with Gasteiger partial charge in [-0.15, -0.1) is 0 Å². The van der Waals surface area contributed by atoms with Crippen LogP contribution in [0.1, 0.15) is 24.5 Å². The molecular weight excluding hydrogens is 572 g/mol. The number of amides is 2. The molecule has 0 aliphatic carbocycles. The summed E-state index contributed by atoms with van der Waals surface area (Å²) in [6.07, 6.45) is -5.88. The SMILES string of the molecule is CN(C(=O)C1(C)C2CC(F)(F)CN2[C@]2(C(=O)Nc3c(Cl)cc(Cl)cc32)[C@H]1C(=O)O)c1ccccc1C(F)(F)F. The highest BCUT2D eigenvalue weighted by atomic mass is 35.5. The number of carbonyl (C=O) groups is 3. The number of nitrogens with one attached hydrogen (secondary N) is 1. The van der Waals surface area contributed by atoms with E-state index in [9.17, 15) is 41.4 Å². The lowest BCUT2D eigenvalue weighted by Gasteiger charge is -2.39. The van der Waals surface area contributed by atoms with E-state index in [0.717, 1.165) is 37.1 Å². The Morgan fingerprint density at radius 1 is 1.18 bits per heavy atom. The third-order valence-electron chi connectivity index (χ3n) is 8.07. The van der Waals surface area contributed by atoms with Crippen molar-refractivity contribution < 1.29 is 41.4 Å². The molecule has 7 nitrogen and oxygen atoms in total. The van der Waals surface area contributed by atoms with Gasteiger partial charge in [-0.2, -0.15) is 13.2 Å². The van der Waals surface area contributed by atoms with Gasteiger partial charge in [-0.3, -0.25) is 19.3 Å². The quantitative estimate of drug-likeness (QED) is 0.476. The molecule has 2 fully saturated rings. The van der Waals surface area contributed by atoms with Crippen molar-refractivity contribution in [3.8, 4) is 0 Å². The Balaban J connectivity index is 1.76. The van der Waals surface area contributed by atoms with Crippen LogP contribution in [0.25, 0.3) is 0 Å². The molecule has 5 rings (SSSR count). The monoisotopic (exact) mass is 591 g/mol. The van der Waals surface area contributed by atoms with E-state index >= 15 is 0 Å². The molecule has 14 heteroatoms. The van der Waals surface area contributed by atoms with E-state index in [1.165, 1.54) is 18.2 Å². The maximum atomic E-state index is 15.0. The second-order valence-electron chi connectivity index (χ2n) is 10.2. The summed E-state index contributed by atoms with van der Waals surface area (Å²) in [4.78, 5) is 42.4. The highest BCUT2D eigenvalue weighted by Gasteiger charge is 2.79. The minimum Gasteiger partial charge on any atom is -0.481 e. The van der Waals surface area contributed by atoms with Crippen molar-refractivity contribution in [2.45, 2.75) is 37.0 Å². The number of anilines is 2. The topological polar surface area (TPSA) is 90.0 Å². The Morgan fingerprint density at radius 2 is 1.82 bits per heavy atom. The van der Waals surface area contributed by atoms with E-state index in [4.69, 9.17) is 23.2 Å². The minimum atomic E-state index is -4.88. The summed E-state index contributed by atoms with van der Waals surface area (Å²) in [6, 6.07) is 5.08. The maximum absolute atomic E-state index is 15.0. The Morgan fingerprint density at radius 3 is 2.44 bits per heavy atom. The van der Waals surface area contributed by atoms with Gasteiger partial charge in [-0.05, 0) is 31.2 Å². The number of carbonyl (C=O) groups excluding carboxylic acids is 2. The van der Waals surface area contributed by atoms with E-state index in [0.29, 0.717) is 4.90 Å². The van der Waals surface area contributed by atoms with Crippen LogP contribution in [0.4, 0.5) is 33.3 Å². The van der Waals surface area contributed by atoms with Crippen molar-refractivity contribution in [3.05, 3.63) is 57.6 Å². The molecule has 0 bridgehead atoms. The molecule has 2 aromatic rings. The van der Waals surface area contributed by atoms with Crippen LogP contribution in [0.2, 0.25) is 10.0 Å². The molecule has 3 aliphatic rings. The molecule has 2 amide bonds. The van der Waals surface area contributed by atoms with Gasteiger partial charge < -0.3 is 15.3 Å². The minimum absolute atomic E-state index is 0.0163. The van der Waals surface area contributed by atoms with Gasteiger partial charge in [0.25, 0.3) is 11.8 Å². The van der Waals surface area contributed by atoms with Crippen LogP contribution < -0.4 is 10.2 Å². The maximum Gasteiger partial charge on any atom is 0.418 e. The smallest absolute Gasteiger partial charge is 0.418 e. The van der Waals surface area contributed by atoms with Gasteiger partial charge in [-0.25, -0.2) is 8.78 Å². The summed E-state index contributed by atoms with van der Waals surface area (Å²) in [5.74, 6) is -9.32. The van der Waals surface area contributed by atoms with Gasteiger partial charge in [0.05, 0.1) is 33.9 Å². The Bertz CT molecular complexity index is 1440. The number of carboxylic acid groups (broad SMARTS) is 1. The van der Waals surface area contributed by atoms with Crippen LogP contribution in [0.5, 0.6) is 0 Å². The lowest BCUT2D eigenvalue weighted by Crippen LogP contribution is -2.56. The van der Waals surface area contributed by atoms with Crippen molar-refractivity contribution >= 4 is 52.4 Å². The first-order valence-electron chi connectivity index (χ1n) is 11.6. The number of hydrogen-bond donors (Lipinski definition) is 2. The zero-order valence-corrected chi connectivity index (χ0v) is 21.8.